The Balaban J connectivity index is 3.33. The molecule has 0 aliphatic heterocycles. The molecule has 10 heteroatoms. The first-order valence-electron chi connectivity index (χ1n) is 8.50. The molecular formula is C16H27NO7P2. The van der Waals surface area contributed by atoms with E-state index in [1.807, 2.05) is 0 Å². The molecule has 8 nitrogen and oxygen atoms in total. The molecular weight excluding hydrogens is 380 g/mol. The van der Waals surface area contributed by atoms with E-state index in [1.165, 1.54) is 0 Å². The average Bonchev–Trinajstić information content (AvgIpc) is 2.61. The first kappa shape index (κ1) is 23.0. The van der Waals surface area contributed by atoms with E-state index in [2.05, 4.69) is 5.32 Å². The number of carbonyl (C=O) groups excluding carboxylic acids is 1. The SMILES string of the molecule is CCOP(=O)(OCC)C(NC(=O)c1ccccc1)P(=O)(OCC)OCC. The number of rotatable bonds is 12. The van der Waals surface area contributed by atoms with Crippen LogP contribution in [-0.4, -0.2) is 37.9 Å². The Bertz CT molecular complexity index is 603. The molecule has 0 unspecified atom stereocenters. The highest BCUT2D eigenvalue weighted by Gasteiger charge is 2.52. The van der Waals surface area contributed by atoms with Gasteiger partial charge in [0, 0.05) is 5.56 Å². The van der Waals surface area contributed by atoms with Crippen LogP contribution >= 0.6 is 15.2 Å². The van der Waals surface area contributed by atoms with Crippen LogP contribution in [0.1, 0.15) is 38.1 Å². The zero-order valence-corrected chi connectivity index (χ0v) is 17.3. The molecule has 0 aromatic heterocycles. The molecule has 1 aromatic rings. The van der Waals surface area contributed by atoms with Crippen LogP contribution in [0.2, 0.25) is 0 Å². The second-order valence-corrected chi connectivity index (χ2v) is 9.60. The Labute approximate surface area is 154 Å². The van der Waals surface area contributed by atoms with E-state index >= 15 is 0 Å². The molecule has 0 heterocycles. The monoisotopic (exact) mass is 407 g/mol. The number of amides is 1. The predicted molar refractivity (Wildman–Crippen MR) is 99.4 cm³/mol. The van der Waals surface area contributed by atoms with Crippen LogP contribution in [0.15, 0.2) is 30.3 Å². The summed E-state index contributed by atoms with van der Waals surface area (Å²) in [4.78, 5) is 12.6. The van der Waals surface area contributed by atoms with Crippen molar-refractivity contribution in [1.82, 2.24) is 5.32 Å². The van der Waals surface area contributed by atoms with Crippen molar-refractivity contribution < 1.29 is 32.0 Å². The molecule has 0 radical (unpaired) electrons. The molecule has 148 valence electrons. The van der Waals surface area contributed by atoms with Gasteiger partial charge in [0.15, 0.2) is 0 Å². The summed E-state index contributed by atoms with van der Waals surface area (Å²) < 4.78 is 47.7. The predicted octanol–water partition coefficient (Wildman–Crippen LogP) is 4.23. The maximum Gasteiger partial charge on any atom is 0.365 e. The lowest BCUT2D eigenvalue weighted by atomic mass is 10.2. The van der Waals surface area contributed by atoms with E-state index in [1.54, 1.807) is 58.0 Å². The second kappa shape index (κ2) is 11.0. The zero-order chi connectivity index (χ0) is 19.6. The van der Waals surface area contributed by atoms with Gasteiger partial charge in [-0.1, -0.05) is 18.2 Å². The normalized spacial score (nSPS) is 12.3. The molecule has 0 bridgehead atoms. The molecule has 0 aliphatic carbocycles. The Morgan fingerprint density at radius 3 is 1.58 bits per heavy atom. The van der Waals surface area contributed by atoms with Crippen molar-refractivity contribution in [3.8, 4) is 0 Å². The van der Waals surface area contributed by atoms with E-state index in [4.69, 9.17) is 18.1 Å². The molecule has 0 saturated heterocycles. The van der Waals surface area contributed by atoms with Crippen LogP contribution in [-0.2, 0) is 27.2 Å². The van der Waals surface area contributed by atoms with E-state index in [-0.39, 0.29) is 26.4 Å². The summed E-state index contributed by atoms with van der Waals surface area (Å²) in [7, 11) is -8.06. The van der Waals surface area contributed by atoms with Crippen LogP contribution in [0.4, 0.5) is 0 Å². The Morgan fingerprint density at radius 2 is 1.23 bits per heavy atom. The Kier molecular flexibility index (Phi) is 9.72. The molecule has 0 saturated carbocycles. The third kappa shape index (κ3) is 6.02. The first-order valence-corrected chi connectivity index (χ1v) is 11.7. The van der Waals surface area contributed by atoms with Crippen LogP contribution in [0.3, 0.4) is 0 Å². The van der Waals surface area contributed by atoms with E-state index in [9.17, 15) is 13.9 Å². The standard InChI is InChI=1S/C16H27NO7P2/c1-5-21-25(19,22-6-2)16(26(20,23-7-3)24-8-4)17-15(18)14-12-10-9-11-13-14/h9-13,16H,5-8H2,1-4H3,(H,17,18). The lowest BCUT2D eigenvalue weighted by Crippen LogP contribution is -2.37. The van der Waals surface area contributed by atoms with Crippen molar-refractivity contribution in [2.24, 2.45) is 0 Å². The average molecular weight is 407 g/mol. The molecule has 1 N–H and O–H groups in total. The van der Waals surface area contributed by atoms with Gasteiger partial charge in [-0.05, 0) is 39.8 Å². The fourth-order valence-corrected chi connectivity index (χ4v) is 7.09. The van der Waals surface area contributed by atoms with Crippen LogP contribution in [0, 0.1) is 0 Å². The Hall–Kier alpha value is -1.01. The molecule has 1 aromatic carbocycles. The highest BCUT2D eigenvalue weighted by Crippen LogP contribution is 2.69. The summed E-state index contributed by atoms with van der Waals surface area (Å²) in [6, 6.07) is 8.26. The topological polar surface area (TPSA) is 100 Å². The van der Waals surface area contributed by atoms with Gasteiger partial charge in [-0.15, -0.1) is 0 Å². The van der Waals surface area contributed by atoms with Crippen molar-refractivity contribution >= 4 is 21.1 Å². The van der Waals surface area contributed by atoms with Crippen molar-refractivity contribution in [1.29, 1.82) is 0 Å². The van der Waals surface area contributed by atoms with Crippen molar-refractivity contribution in [3.63, 3.8) is 0 Å². The molecule has 1 amide bonds. The van der Waals surface area contributed by atoms with Gasteiger partial charge in [0.25, 0.3) is 5.91 Å². The van der Waals surface area contributed by atoms with Gasteiger partial charge in [-0.2, -0.15) is 0 Å². The van der Waals surface area contributed by atoms with E-state index < -0.39 is 26.6 Å². The minimum Gasteiger partial charge on any atom is -0.328 e. The fraction of sp³-hybridized carbons (Fsp3) is 0.562. The number of hydrogen-bond acceptors (Lipinski definition) is 7. The quantitative estimate of drug-likeness (QED) is 0.518. The molecule has 0 aliphatic rings. The van der Waals surface area contributed by atoms with Crippen molar-refractivity contribution in [2.45, 2.75) is 33.2 Å². The highest BCUT2D eigenvalue weighted by molar-refractivity contribution is 7.72. The van der Waals surface area contributed by atoms with Gasteiger partial charge in [-0.25, -0.2) is 0 Å². The van der Waals surface area contributed by atoms with E-state index in [0.29, 0.717) is 5.56 Å². The van der Waals surface area contributed by atoms with Crippen LogP contribution in [0.5, 0.6) is 0 Å². The second-order valence-electron chi connectivity index (χ2n) is 4.96. The number of benzene rings is 1. The van der Waals surface area contributed by atoms with Crippen molar-refractivity contribution in [3.05, 3.63) is 35.9 Å². The zero-order valence-electron chi connectivity index (χ0n) is 15.5. The lowest BCUT2D eigenvalue weighted by molar-refractivity contribution is 0.0938. The smallest absolute Gasteiger partial charge is 0.328 e. The minimum absolute atomic E-state index is 0.0350. The summed E-state index contributed by atoms with van der Waals surface area (Å²) in [5.74, 6) is -0.588. The van der Waals surface area contributed by atoms with Gasteiger partial charge in [0.05, 0.1) is 26.4 Å². The molecule has 0 fully saturated rings. The number of nitrogens with one attached hydrogen (secondary N) is 1. The van der Waals surface area contributed by atoms with Gasteiger partial charge in [0.2, 0.25) is 5.52 Å². The van der Waals surface area contributed by atoms with Gasteiger partial charge in [-0.3, -0.25) is 13.9 Å². The third-order valence-corrected chi connectivity index (χ3v) is 8.76. The fourth-order valence-electron chi connectivity index (χ4n) is 2.20. The summed E-state index contributed by atoms with van der Waals surface area (Å²) in [6.07, 6.45) is 0. The van der Waals surface area contributed by atoms with Gasteiger partial charge in [0.1, 0.15) is 0 Å². The van der Waals surface area contributed by atoms with Crippen LogP contribution in [0.25, 0.3) is 0 Å². The summed E-state index contributed by atoms with van der Waals surface area (Å²) in [5.41, 5.74) is -1.28. The molecule has 0 atom stereocenters. The maximum atomic E-state index is 13.3. The van der Waals surface area contributed by atoms with Crippen molar-refractivity contribution in [2.75, 3.05) is 26.4 Å². The van der Waals surface area contributed by atoms with Crippen LogP contribution < -0.4 is 5.32 Å². The summed E-state index contributed by atoms with van der Waals surface area (Å²) in [5, 5.41) is 2.49. The largest absolute Gasteiger partial charge is 0.365 e. The maximum absolute atomic E-state index is 13.3. The third-order valence-electron chi connectivity index (χ3n) is 3.13. The highest BCUT2D eigenvalue weighted by atomic mass is 31.2. The van der Waals surface area contributed by atoms with Gasteiger partial charge >= 0.3 is 15.2 Å². The summed E-state index contributed by atoms with van der Waals surface area (Å²) in [6.45, 7) is 6.62. The number of carbonyl (C=O) groups is 1. The molecule has 0 spiro atoms. The summed E-state index contributed by atoms with van der Waals surface area (Å²) >= 11 is 0. The molecule has 26 heavy (non-hydrogen) atoms. The Morgan fingerprint density at radius 1 is 0.846 bits per heavy atom. The number of hydrogen-bond donors (Lipinski definition) is 1. The van der Waals surface area contributed by atoms with Gasteiger partial charge < -0.3 is 23.4 Å². The first-order chi connectivity index (χ1) is 12.4. The molecule has 1 rings (SSSR count). The van der Waals surface area contributed by atoms with E-state index in [0.717, 1.165) is 0 Å². The lowest BCUT2D eigenvalue weighted by Gasteiger charge is -2.31. The minimum atomic E-state index is -4.03.